The van der Waals surface area contributed by atoms with Crippen LogP contribution in [0.1, 0.15) is 12.7 Å². The van der Waals surface area contributed by atoms with Crippen molar-refractivity contribution in [2.45, 2.75) is 13.8 Å². The molecule has 3 heteroatoms. The molecule has 0 atom stereocenters. The van der Waals surface area contributed by atoms with Crippen molar-refractivity contribution in [3.63, 3.8) is 0 Å². The molecule has 0 radical (unpaired) electrons. The highest BCUT2D eigenvalue weighted by Gasteiger charge is 2.03. The summed E-state index contributed by atoms with van der Waals surface area (Å²) in [7, 11) is 0. The van der Waals surface area contributed by atoms with Gasteiger partial charge in [0.2, 0.25) is 0 Å². The predicted octanol–water partition coefficient (Wildman–Crippen LogP) is 2.67. The van der Waals surface area contributed by atoms with Crippen LogP contribution in [0.4, 0.5) is 0 Å². The Bertz CT molecular complexity index is 482. The van der Waals surface area contributed by atoms with E-state index in [1.165, 1.54) is 6.92 Å². The first-order valence-electron chi connectivity index (χ1n) is 4.34. The van der Waals surface area contributed by atoms with Gasteiger partial charge < -0.3 is 9.15 Å². The number of rotatable bonds is 1. The maximum absolute atomic E-state index is 10.7. The van der Waals surface area contributed by atoms with Gasteiger partial charge in [0.15, 0.2) is 0 Å². The summed E-state index contributed by atoms with van der Waals surface area (Å²) in [5, 5.41) is 0.946. The highest BCUT2D eigenvalue weighted by Crippen LogP contribution is 2.23. The van der Waals surface area contributed by atoms with Gasteiger partial charge >= 0.3 is 5.97 Å². The second-order valence-corrected chi connectivity index (χ2v) is 3.15. The lowest BCUT2D eigenvalue weighted by Crippen LogP contribution is -2.00. The Morgan fingerprint density at radius 2 is 2.14 bits per heavy atom. The molecule has 0 aliphatic rings. The van der Waals surface area contributed by atoms with E-state index in [1.54, 1.807) is 18.2 Å². The molecule has 0 bridgehead atoms. The zero-order valence-electron chi connectivity index (χ0n) is 8.03. The Balaban J connectivity index is 2.45. The van der Waals surface area contributed by atoms with Gasteiger partial charge in [-0.1, -0.05) is 0 Å². The molecule has 2 rings (SSSR count). The number of hydrogen-bond acceptors (Lipinski definition) is 3. The van der Waals surface area contributed by atoms with Crippen molar-refractivity contribution in [2.75, 3.05) is 0 Å². The quantitative estimate of drug-likeness (QED) is 0.512. The Morgan fingerprint density at radius 3 is 2.86 bits per heavy atom. The van der Waals surface area contributed by atoms with Gasteiger partial charge in [-0.05, 0) is 31.2 Å². The zero-order valence-corrected chi connectivity index (χ0v) is 8.03. The van der Waals surface area contributed by atoms with Crippen molar-refractivity contribution in [3.05, 3.63) is 30.0 Å². The summed E-state index contributed by atoms with van der Waals surface area (Å²) < 4.78 is 10.3. The second-order valence-electron chi connectivity index (χ2n) is 3.15. The second kappa shape index (κ2) is 3.18. The normalized spacial score (nSPS) is 10.4. The third kappa shape index (κ3) is 1.62. The number of ether oxygens (including phenoxy) is 1. The first kappa shape index (κ1) is 8.81. The van der Waals surface area contributed by atoms with E-state index in [-0.39, 0.29) is 5.97 Å². The molecule has 3 nitrogen and oxygen atoms in total. The third-order valence-corrected chi connectivity index (χ3v) is 1.87. The number of carbonyl (C=O) groups excluding carboxylic acids is 1. The number of esters is 1. The van der Waals surface area contributed by atoms with Crippen molar-refractivity contribution in [3.8, 4) is 5.75 Å². The molecule has 0 N–H and O–H groups in total. The molecule has 0 unspecified atom stereocenters. The molecule has 0 aliphatic heterocycles. The van der Waals surface area contributed by atoms with Gasteiger partial charge in [-0.15, -0.1) is 0 Å². The molecule has 0 saturated carbocycles. The molecule has 72 valence electrons. The molecular weight excluding hydrogens is 180 g/mol. The number of fused-ring (bicyclic) bond motifs is 1. The zero-order chi connectivity index (χ0) is 10.1. The molecule has 14 heavy (non-hydrogen) atoms. The van der Waals surface area contributed by atoms with Crippen molar-refractivity contribution in [1.82, 2.24) is 0 Å². The van der Waals surface area contributed by atoms with Crippen molar-refractivity contribution >= 4 is 16.9 Å². The lowest BCUT2D eigenvalue weighted by atomic mass is 10.2. The smallest absolute Gasteiger partial charge is 0.308 e. The maximum atomic E-state index is 10.7. The summed E-state index contributed by atoms with van der Waals surface area (Å²) in [6.45, 7) is 3.26. The van der Waals surface area contributed by atoms with Crippen molar-refractivity contribution in [2.24, 2.45) is 0 Å². The van der Waals surface area contributed by atoms with Crippen LogP contribution >= 0.6 is 0 Å². The lowest BCUT2D eigenvalue weighted by molar-refractivity contribution is -0.131. The van der Waals surface area contributed by atoms with Crippen molar-refractivity contribution < 1.29 is 13.9 Å². The molecule has 1 aromatic carbocycles. The average Bonchev–Trinajstić information content (AvgIpc) is 2.42. The van der Waals surface area contributed by atoms with Crippen molar-refractivity contribution in [1.29, 1.82) is 0 Å². The molecule has 0 aliphatic carbocycles. The summed E-state index contributed by atoms with van der Waals surface area (Å²) in [4.78, 5) is 10.7. The SMILES string of the molecule is CC(=O)Oc1ccc2oc(C)cc2c1. The average molecular weight is 190 g/mol. The first-order chi connectivity index (χ1) is 6.65. The predicted molar refractivity (Wildman–Crippen MR) is 52.3 cm³/mol. The largest absolute Gasteiger partial charge is 0.461 e. The van der Waals surface area contributed by atoms with E-state index in [0.717, 1.165) is 16.7 Å². The van der Waals surface area contributed by atoms with E-state index in [0.29, 0.717) is 5.75 Å². The first-order valence-corrected chi connectivity index (χ1v) is 4.34. The molecule has 2 aromatic rings. The van der Waals surface area contributed by atoms with Crippen LogP contribution in [0.25, 0.3) is 11.0 Å². The van der Waals surface area contributed by atoms with Crippen LogP contribution in [0.3, 0.4) is 0 Å². The van der Waals surface area contributed by atoms with Gasteiger partial charge in [-0.25, -0.2) is 0 Å². The number of carbonyl (C=O) groups is 1. The van der Waals surface area contributed by atoms with Crippen LogP contribution in [0.5, 0.6) is 5.75 Å². The molecular formula is C11H10O3. The van der Waals surface area contributed by atoms with Crippen LogP contribution in [0.2, 0.25) is 0 Å². The Morgan fingerprint density at radius 1 is 1.36 bits per heavy atom. The minimum absolute atomic E-state index is 0.315. The fraction of sp³-hybridized carbons (Fsp3) is 0.182. The Labute approximate surface area is 81.3 Å². The van der Waals surface area contributed by atoms with E-state index in [4.69, 9.17) is 9.15 Å². The van der Waals surface area contributed by atoms with Gasteiger partial charge in [-0.2, -0.15) is 0 Å². The Hall–Kier alpha value is -1.77. The monoisotopic (exact) mass is 190 g/mol. The molecule has 0 saturated heterocycles. The summed E-state index contributed by atoms with van der Waals surface area (Å²) in [5.74, 6) is 1.08. The number of hydrogen-bond donors (Lipinski definition) is 0. The summed E-state index contributed by atoms with van der Waals surface area (Å²) in [5.41, 5.74) is 0.804. The molecule has 0 spiro atoms. The lowest BCUT2D eigenvalue weighted by Gasteiger charge is -1.99. The summed E-state index contributed by atoms with van der Waals surface area (Å²) >= 11 is 0. The van der Waals surface area contributed by atoms with Gasteiger partial charge in [0.1, 0.15) is 17.1 Å². The minimum Gasteiger partial charge on any atom is -0.461 e. The fourth-order valence-corrected chi connectivity index (χ4v) is 1.38. The van der Waals surface area contributed by atoms with E-state index in [1.807, 2.05) is 13.0 Å². The number of benzene rings is 1. The Kier molecular flexibility index (Phi) is 2.00. The highest BCUT2D eigenvalue weighted by atomic mass is 16.5. The van der Waals surface area contributed by atoms with E-state index in [9.17, 15) is 4.79 Å². The molecule has 1 aromatic heterocycles. The fourth-order valence-electron chi connectivity index (χ4n) is 1.38. The number of furan rings is 1. The molecule has 0 fully saturated rings. The maximum Gasteiger partial charge on any atom is 0.308 e. The topological polar surface area (TPSA) is 39.4 Å². The van der Waals surface area contributed by atoms with Crippen LogP contribution in [0, 0.1) is 6.92 Å². The van der Waals surface area contributed by atoms with E-state index >= 15 is 0 Å². The van der Waals surface area contributed by atoms with Crippen LogP contribution in [-0.4, -0.2) is 5.97 Å². The van der Waals surface area contributed by atoms with Gasteiger partial charge in [-0.3, -0.25) is 4.79 Å². The van der Waals surface area contributed by atoms with Crippen LogP contribution in [0.15, 0.2) is 28.7 Å². The molecule has 1 heterocycles. The van der Waals surface area contributed by atoms with Gasteiger partial charge in [0.05, 0.1) is 0 Å². The van der Waals surface area contributed by atoms with E-state index in [2.05, 4.69) is 0 Å². The van der Waals surface area contributed by atoms with Crippen LogP contribution < -0.4 is 4.74 Å². The van der Waals surface area contributed by atoms with Crippen LogP contribution in [-0.2, 0) is 4.79 Å². The molecule has 0 amide bonds. The van der Waals surface area contributed by atoms with Gasteiger partial charge in [0, 0.05) is 12.3 Å². The van der Waals surface area contributed by atoms with E-state index < -0.39 is 0 Å². The highest BCUT2D eigenvalue weighted by molar-refractivity contribution is 5.80. The summed E-state index contributed by atoms with van der Waals surface area (Å²) in [6, 6.07) is 7.20. The summed E-state index contributed by atoms with van der Waals surface area (Å²) in [6.07, 6.45) is 0. The van der Waals surface area contributed by atoms with Gasteiger partial charge in [0.25, 0.3) is 0 Å². The standard InChI is InChI=1S/C11H10O3/c1-7-5-9-6-10(14-8(2)12)3-4-11(9)13-7/h3-6H,1-2H3. The minimum atomic E-state index is -0.315. The number of aryl methyl sites for hydroxylation is 1. The third-order valence-electron chi connectivity index (χ3n) is 1.87.